The largest absolute Gasteiger partial charge is 0.492 e. The Balaban J connectivity index is 1.78. The smallest absolute Gasteiger partial charge is 0.233 e. The van der Waals surface area contributed by atoms with Gasteiger partial charge in [0.1, 0.15) is 18.3 Å². The second-order valence-electron chi connectivity index (χ2n) is 5.35. The van der Waals surface area contributed by atoms with Gasteiger partial charge in [-0.3, -0.25) is 4.79 Å². The summed E-state index contributed by atoms with van der Waals surface area (Å²) in [6.45, 7) is 1.02. The summed E-state index contributed by atoms with van der Waals surface area (Å²) in [6.07, 6.45) is 1.98. The number of aromatic nitrogens is 1. The molecule has 1 aliphatic rings. The molecule has 0 aliphatic carbocycles. The van der Waals surface area contributed by atoms with Crippen molar-refractivity contribution in [3.63, 3.8) is 0 Å². The number of halogens is 1. The van der Waals surface area contributed by atoms with Gasteiger partial charge in [-0.25, -0.2) is 0 Å². The number of likely N-dealkylation sites (N-methyl/N-ethyl adjacent to an activating group) is 1. The number of amides is 1. The van der Waals surface area contributed by atoms with Crippen LogP contribution in [0, 0.1) is 0 Å². The third-order valence-electron chi connectivity index (χ3n) is 3.88. The number of benzene rings is 1. The maximum Gasteiger partial charge on any atom is 0.233 e. The van der Waals surface area contributed by atoms with Gasteiger partial charge >= 0.3 is 0 Å². The summed E-state index contributed by atoms with van der Waals surface area (Å²) in [5.74, 6) is 0.680. The van der Waals surface area contributed by atoms with Crippen LogP contribution in [0.4, 0.5) is 0 Å². The number of aryl methyl sites for hydroxylation is 1. The first-order chi connectivity index (χ1) is 10.1. The molecule has 2 aromatic rings. The predicted octanol–water partition coefficient (Wildman–Crippen LogP) is 2.92. The lowest BCUT2D eigenvalue weighted by Crippen LogP contribution is -2.32. The van der Waals surface area contributed by atoms with Crippen molar-refractivity contribution in [1.82, 2.24) is 9.47 Å². The fourth-order valence-electron chi connectivity index (χ4n) is 2.64. The quantitative estimate of drug-likeness (QED) is 0.854. The van der Waals surface area contributed by atoms with Crippen molar-refractivity contribution >= 4 is 21.8 Å². The van der Waals surface area contributed by atoms with Crippen LogP contribution < -0.4 is 4.74 Å². The van der Waals surface area contributed by atoms with E-state index in [1.54, 1.807) is 4.90 Å². The molecule has 1 atom stereocenters. The topological polar surface area (TPSA) is 34.5 Å². The number of ether oxygens (including phenoxy) is 1. The molecule has 110 valence electrons. The van der Waals surface area contributed by atoms with Crippen LogP contribution in [0.25, 0.3) is 0 Å². The third-order valence-corrected chi connectivity index (χ3v) is 4.37. The molecule has 0 radical (unpaired) electrons. The Labute approximate surface area is 132 Å². The van der Waals surface area contributed by atoms with E-state index in [0.717, 1.165) is 21.5 Å². The third kappa shape index (κ3) is 2.70. The van der Waals surface area contributed by atoms with Crippen molar-refractivity contribution in [2.75, 3.05) is 13.7 Å². The average molecular weight is 349 g/mol. The molecule has 1 aliphatic heterocycles. The summed E-state index contributed by atoms with van der Waals surface area (Å²) in [6, 6.07) is 9.82. The summed E-state index contributed by atoms with van der Waals surface area (Å²) >= 11 is 3.45. The molecule has 3 rings (SSSR count). The Hall–Kier alpha value is -1.75. The first-order valence-corrected chi connectivity index (χ1v) is 7.63. The Morgan fingerprint density at radius 1 is 1.48 bits per heavy atom. The highest BCUT2D eigenvalue weighted by molar-refractivity contribution is 9.10. The van der Waals surface area contributed by atoms with Crippen LogP contribution in [0.15, 0.2) is 41.0 Å². The zero-order valence-electron chi connectivity index (χ0n) is 12.0. The van der Waals surface area contributed by atoms with Gasteiger partial charge in [0, 0.05) is 36.0 Å². The summed E-state index contributed by atoms with van der Waals surface area (Å²) in [5, 5.41) is 0. The van der Waals surface area contributed by atoms with Gasteiger partial charge in [0.2, 0.25) is 5.91 Å². The highest BCUT2D eigenvalue weighted by atomic mass is 79.9. The van der Waals surface area contributed by atoms with Crippen molar-refractivity contribution < 1.29 is 9.53 Å². The molecular formula is C16H17BrN2O2. The standard InChI is InChI=1S/C16H17BrN2O2/c1-18-7-3-4-12(18)9-19(2)16(20)14-10-21-15-6-5-11(17)8-13(14)15/h3-8,14H,9-10H2,1-2H3/t14-/m0/s1. The Bertz CT molecular complexity index is 681. The summed E-state index contributed by atoms with van der Waals surface area (Å²) < 4.78 is 8.62. The van der Waals surface area contributed by atoms with Crippen LogP contribution >= 0.6 is 15.9 Å². The minimum absolute atomic E-state index is 0.0908. The van der Waals surface area contributed by atoms with E-state index >= 15 is 0 Å². The van der Waals surface area contributed by atoms with Crippen molar-refractivity contribution in [3.8, 4) is 5.75 Å². The van der Waals surface area contributed by atoms with Crippen molar-refractivity contribution in [3.05, 3.63) is 52.3 Å². The number of fused-ring (bicyclic) bond motifs is 1. The molecule has 21 heavy (non-hydrogen) atoms. The second kappa shape index (κ2) is 5.56. The molecule has 4 nitrogen and oxygen atoms in total. The molecule has 1 aromatic heterocycles. The molecule has 2 heterocycles. The van der Waals surface area contributed by atoms with Gasteiger partial charge in [0.15, 0.2) is 0 Å². The fourth-order valence-corrected chi connectivity index (χ4v) is 3.02. The minimum Gasteiger partial charge on any atom is -0.492 e. The fraction of sp³-hybridized carbons (Fsp3) is 0.312. The highest BCUT2D eigenvalue weighted by Crippen LogP contribution is 2.36. The van der Waals surface area contributed by atoms with Crippen LogP contribution in [-0.4, -0.2) is 29.0 Å². The Morgan fingerprint density at radius 3 is 3.00 bits per heavy atom. The number of carbonyl (C=O) groups excluding carboxylic acids is 1. The van der Waals surface area contributed by atoms with E-state index in [1.165, 1.54) is 0 Å². The van der Waals surface area contributed by atoms with Crippen molar-refractivity contribution in [2.45, 2.75) is 12.5 Å². The minimum atomic E-state index is -0.220. The monoisotopic (exact) mass is 348 g/mol. The van der Waals surface area contributed by atoms with Crippen molar-refractivity contribution in [1.29, 1.82) is 0 Å². The van der Waals surface area contributed by atoms with E-state index in [1.807, 2.05) is 55.2 Å². The summed E-state index contributed by atoms with van der Waals surface area (Å²) in [4.78, 5) is 14.4. The summed E-state index contributed by atoms with van der Waals surface area (Å²) in [5.41, 5.74) is 2.08. The maximum absolute atomic E-state index is 12.7. The molecule has 0 N–H and O–H groups in total. The summed E-state index contributed by atoms with van der Waals surface area (Å²) in [7, 11) is 3.82. The van der Waals surface area contributed by atoms with Gasteiger partial charge in [0.05, 0.1) is 6.54 Å². The molecule has 1 amide bonds. The van der Waals surface area contributed by atoms with Crippen molar-refractivity contribution in [2.24, 2.45) is 7.05 Å². The normalized spacial score (nSPS) is 16.4. The van der Waals surface area contributed by atoms with Gasteiger partial charge in [-0.15, -0.1) is 0 Å². The van der Waals surface area contributed by atoms with Gasteiger partial charge in [-0.2, -0.15) is 0 Å². The molecule has 0 unspecified atom stereocenters. The number of hydrogen-bond acceptors (Lipinski definition) is 2. The predicted molar refractivity (Wildman–Crippen MR) is 84.3 cm³/mol. The lowest BCUT2D eigenvalue weighted by atomic mass is 10.00. The lowest BCUT2D eigenvalue weighted by Gasteiger charge is -2.21. The van der Waals surface area contributed by atoms with E-state index in [0.29, 0.717) is 13.2 Å². The Morgan fingerprint density at radius 2 is 2.29 bits per heavy atom. The van der Waals surface area contributed by atoms with Crippen LogP contribution in [0.3, 0.4) is 0 Å². The van der Waals surface area contributed by atoms with Gasteiger partial charge in [-0.1, -0.05) is 15.9 Å². The molecule has 5 heteroatoms. The molecule has 0 spiro atoms. The van der Waals surface area contributed by atoms with Crippen LogP contribution in [0.5, 0.6) is 5.75 Å². The number of hydrogen-bond donors (Lipinski definition) is 0. The molecule has 0 saturated heterocycles. The van der Waals surface area contributed by atoms with E-state index in [9.17, 15) is 4.79 Å². The van der Waals surface area contributed by atoms with E-state index < -0.39 is 0 Å². The maximum atomic E-state index is 12.7. The van der Waals surface area contributed by atoms with E-state index in [-0.39, 0.29) is 11.8 Å². The van der Waals surface area contributed by atoms with Gasteiger partial charge < -0.3 is 14.2 Å². The van der Waals surface area contributed by atoms with Gasteiger partial charge in [-0.05, 0) is 30.3 Å². The SMILES string of the molecule is CN(Cc1cccn1C)C(=O)[C@H]1COc2ccc(Br)cc21. The number of rotatable bonds is 3. The van der Waals surface area contributed by atoms with Crippen LogP contribution in [0.1, 0.15) is 17.2 Å². The lowest BCUT2D eigenvalue weighted by molar-refractivity contribution is -0.132. The molecular weight excluding hydrogens is 332 g/mol. The molecule has 0 saturated carbocycles. The first kappa shape index (κ1) is 14.2. The second-order valence-corrected chi connectivity index (χ2v) is 6.27. The van der Waals surface area contributed by atoms with E-state index in [4.69, 9.17) is 4.74 Å². The zero-order chi connectivity index (χ0) is 15.0. The Kier molecular flexibility index (Phi) is 3.76. The molecule has 1 aromatic carbocycles. The highest BCUT2D eigenvalue weighted by Gasteiger charge is 2.32. The number of carbonyl (C=O) groups is 1. The zero-order valence-corrected chi connectivity index (χ0v) is 13.6. The molecule has 0 fully saturated rings. The first-order valence-electron chi connectivity index (χ1n) is 6.83. The van der Waals surface area contributed by atoms with Crippen LogP contribution in [-0.2, 0) is 18.4 Å². The van der Waals surface area contributed by atoms with Gasteiger partial charge in [0.25, 0.3) is 0 Å². The molecule has 0 bridgehead atoms. The average Bonchev–Trinajstić information content (AvgIpc) is 3.04. The number of nitrogens with zero attached hydrogens (tertiary/aromatic N) is 2. The van der Waals surface area contributed by atoms with Crippen LogP contribution in [0.2, 0.25) is 0 Å². The van der Waals surface area contributed by atoms with E-state index in [2.05, 4.69) is 15.9 Å².